The lowest BCUT2D eigenvalue weighted by molar-refractivity contribution is -0.139. The average Bonchev–Trinajstić information content (AvgIpc) is 2.55. The van der Waals surface area contributed by atoms with Crippen molar-refractivity contribution in [3.05, 3.63) is 29.8 Å². The summed E-state index contributed by atoms with van der Waals surface area (Å²) >= 11 is 0. The highest BCUT2D eigenvalue weighted by Gasteiger charge is 2.31. The number of aliphatic carboxylic acids is 1. The molecule has 6 heteroatoms. The first kappa shape index (κ1) is 14.2. The predicted octanol–water partition coefficient (Wildman–Crippen LogP) is 0.942. The van der Waals surface area contributed by atoms with Gasteiger partial charge in [-0.2, -0.15) is 0 Å². The highest BCUT2D eigenvalue weighted by Crippen LogP contribution is 2.25. The molecule has 0 saturated heterocycles. The highest BCUT2D eigenvalue weighted by atomic mass is 16.5. The maximum atomic E-state index is 12.0. The van der Waals surface area contributed by atoms with E-state index in [-0.39, 0.29) is 6.42 Å². The van der Waals surface area contributed by atoms with Crippen molar-refractivity contribution in [3.8, 4) is 0 Å². The van der Waals surface area contributed by atoms with E-state index in [0.29, 0.717) is 13.2 Å². The predicted molar refractivity (Wildman–Crippen MR) is 74.3 cm³/mol. The van der Waals surface area contributed by atoms with E-state index in [9.17, 15) is 9.59 Å². The fourth-order valence-electron chi connectivity index (χ4n) is 2.21. The van der Waals surface area contributed by atoms with Gasteiger partial charge in [0.15, 0.2) is 0 Å². The third-order valence-electron chi connectivity index (χ3n) is 3.14. The Morgan fingerprint density at radius 3 is 2.90 bits per heavy atom. The SMILES string of the molecule is COCCN1c2ccccc2C=NC(=O)C1CC(=O)O. The Kier molecular flexibility index (Phi) is 4.47. The van der Waals surface area contributed by atoms with E-state index in [2.05, 4.69) is 4.99 Å². The van der Waals surface area contributed by atoms with Crippen LogP contribution in [-0.2, 0) is 14.3 Å². The van der Waals surface area contributed by atoms with Crippen molar-refractivity contribution >= 4 is 23.8 Å². The van der Waals surface area contributed by atoms with Crippen LogP contribution in [0.2, 0.25) is 0 Å². The van der Waals surface area contributed by atoms with Gasteiger partial charge in [-0.05, 0) is 6.07 Å². The summed E-state index contributed by atoms with van der Waals surface area (Å²) in [5.74, 6) is -1.47. The number of nitrogens with zero attached hydrogens (tertiary/aromatic N) is 2. The average molecular weight is 276 g/mol. The summed E-state index contributed by atoms with van der Waals surface area (Å²) in [5, 5.41) is 9.00. The molecular formula is C14H16N2O4. The lowest BCUT2D eigenvalue weighted by atomic mass is 10.1. The molecule has 0 aliphatic carbocycles. The van der Waals surface area contributed by atoms with Gasteiger partial charge < -0.3 is 14.7 Å². The van der Waals surface area contributed by atoms with Crippen molar-refractivity contribution in [1.82, 2.24) is 0 Å². The minimum Gasteiger partial charge on any atom is -0.481 e. The molecule has 0 radical (unpaired) electrons. The molecule has 1 aromatic rings. The standard InChI is InChI=1S/C14H16N2O4/c1-20-7-6-16-11-5-3-2-4-10(11)9-15-14(19)12(16)8-13(17)18/h2-5,9,12H,6-8H2,1H3,(H,17,18). The topological polar surface area (TPSA) is 79.2 Å². The van der Waals surface area contributed by atoms with Crippen molar-refractivity contribution in [2.24, 2.45) is 4.99 Å². The van der Waals surface area contributed by atoms with Crippen LogP contribution in [0.15, 0.2) is 29.3 Å². The lowest BCUT2D eigenvalue weighted by Crippen LogP contribution is -2.43. The summed E-state index contributed by atoms with van der Waals surface area (Å²) in [6, 6.07) is 6.59. The number of hydrogen-bond acceptors (Lipinski definition) is 4. The molecule has 0 aromatic heterocycles. The number of carboxylic acids is 1. The molecule has 1 heterocycles. The minimum atomic E-state index is -1.03. The van der Waals surface area contributed by atoms with Gasteiger partial charge in [-0.3, -0.25) is 9.59 Å². The second-order valence-electron chi connectivity index (χ2n) is 4.46. The number of benzodiazepines with no additional fused rings is 1. The second kappa shape index (κ2) is 6.29. The Morgan fingerprint density at radius 2 is 2.20 bits per heavy atom. The van der Waals surface area contributed by atoms with Crippen LogP contribution in [0.5, 0.6) is 0 Å². The highest BCUT2D eigenvalue weighted by molar-refractivity contribution is 6.03. The van der Waals surface area contributed by atoms with Crippen LogP contribution in [0.1, 0.15) is 12.0 Å². The van der Waals surface area contributed by atoms with Crippen LogP contribution < -0.4 is 4.90 Å². The largest absolute Gasteiger partial charge is 0.481 e. The molecule has 2 rings (SSSR count). The Morgan fingerprint density at radius 1 is 1.45 bits per heavy atom. The van der Waals surface area contributed by atoms with E-state index in [1.807, 2.05) is 24.3 Å². The second-order valence-corrected chi connectivity index (χ2v) is 4.46. The van der Waals surface area contributed by atoms with Gasteiger partial charge in [-0.1, -0.05) is 18.2 Å². The monoisotopic (exact) mass is 276 g/mol. The van der Waals surface area contributed by atoms with Gasteiger partial charge >= 0.3 is 5.97 Å². The third kappa shape index (κ3) is 3.03. The number of ether oxygens (including phenoxy) is 1. The number of para-hydroxylation sites is 1. The number of carbonyl (C=O) groups is 2. The van der Waals surface area contributed by atoms with E-state index in [1.165, 1.54) is 6.21 Å². The van der Waals surface area contributed by atoms with Gasteiger partial charge in [0, 0.05) is 31.1 Å². The van der Waals surface area contributed by atoms with Crippen molar-refractivity contribution in [2.75, 3.05) is 25.2 Å². The number of amides is 1. The number of carboxylic acid groups (broad SMARTS) is 1. The first-order valence-corrected chi connectivity index (χ1v) is 6.28. The van der Waals surface area contributed by atoms with Crippen LogP contribution >= 0.6 is 0 Å². The molecule has 1 aliphatic rings. The van der Waals surface area contributed by atoms with Crippen LogP contribution in [0.25, 0.3) is 0 Å². The normalized spacial score (nSPS) is 17.8. The maximum Gasteiger partial charge on any atom is 0.305 e. The summed E-state index contributed by atoms with van der Waals surface area (Å²) in [6.07, 6.45) is 1.20. The number of fused-ring (bicyclic) bond motifs is 1. The number of methoxy groups -OCH3 is 1. The minimum absolute atomic E-state index is 0.284. The molecule has 1 unspecified atom stereocenters. The van der Waals surface area contributed by atoms with Crippen LogP contribution in [0.4, 0.5) is 5.69 Å². The molecule has 1 aliphatic heterocycles. The van der Waals surface area contributed by atoms with Crippen molar-refractivity contribution in [3.63, 3.8) is 0 Å². The lowest BCUT2D eigenvalue weighted by Gasteiger charge is -2.30. The summed E-state index contributed by atoms with van der Waals surface area (Å²) in [7, 11) is 1.56. The van der Waals surface area contributed by atoms with Crippen molar-refractivity contribution < 1.29 is 19.4 Å². The van der Waals surface area contributed by atoms with Crippen LogP contribution in [-0.4, -0.2) is 49.5 Å². The first-order valence-electron chi connectivity index (χ1n) is 6.28. The zero-order chi connectivity index (χ0) is 14.5. The van der Waals surface area contributed by atoms with Crippen molar-refractivity contribution in [2.45, 2.75) is 12.5 Å². The van der Waals surface area contributed by atoms with Gasteiger partial charge in [-0.15, -0.1) is 0 Å². The smallest absolute Gasteiger partial charge is 0.305 e. The summed E-state index contributed by atoms with van der Waals surface area (Å²) in [6.45, 7) is 0.832. The molecule has 6 nitrogen and oxygen atoms in total. The fraction of sp³-hybridized carbons (Fsp3) is 0.357. The molecule has 1 N–H and O–H groups in total. The van der Waals surface area contributed by atoms with Gasteiger partial charge in [-0.25, -0.2) is 4.99 Å². The molecule has 0 saturated carbocycles. The molecule has 1 aromatic carbocycles. The number of benzene rings is 1. The van der Waals surface area contributed by atoms with Gasteiger partial charge in [0.05, 0.1) is 13.0 Å². The summed E-state index contributed by atoms with van der Waals surface area (Å²) < 4.78 is 5.05. The molecule has 0 spiro atoms. The van der Waals surface area contributed by atoms with E-state index >= 15 is 0 Å². The maximum absolute atomic E-state index is 12.0. The van der Waals surface area contributed by atoms with Gasteiger partial charge in [0.25, 0.3) is 5.91 Å². The van der Waals surface area contributed by atoms with E-state index < -0.39 is 17.9 Å². The zero-order valence-corrected chi connectivity index (χ0v) is 11.2. The molecule has 0 bridgehead atoms. The molecular weight excluding hydrogens is 260 g/mol. The molecule has 106 valence electrons. The molecule has 20 heavy (non-hydrogen) atoms. The van der Waals surface area contributed by atoms with Crippen LogP contribution in [0, 0.1) is 0 Å². The first-order chi connectivity index (χ1) is 9.63. The Balaban J connectivity index is 2.41. The molecule has 1 atom stereocenters. The summed E-state index contributed by atoms with van der Waals surface area (Å²) in [5.41, 5.74) is 1.59. The Hall–Kier alpha value is -2.21. The van der Waals surface area contributed by atoms with Crippen LogP contribution in [0.3, 0.4) is 0 Å². The fourth-order valence-corrected chi connectivity index (χ4v) is 2.21. The van der Waals surface area contributed by atoms with Gasteiger partial charge in [0.2, 0.25) is 0 Å². The quantitative estimate of drug-likeness (QED) is 0.866. The van der Waals surface area contributed by atoms with E-state index in [4.69, 9.17) is 9.84 Å². The Labute approximate surface area is 116 Å². The Bertz CT molecular complexity index is 542. The third-order valence-corrected chi connectivity index (χ3v) is 3.14. The summed E-state index contributed by atoms with van der Waals surface area (Å²) in [4.78, 5) is 28.6. The molecule has 0 fully saturated rings. The number of anilines is 1. The number of rotatable bonds is 5. The van der Waals surface area contributed by atoms with Gasteiger partial charge in [0.1, 0.15) is 6.04 Å². The number of carbonyl (C=O) groups excluding carboxylic acids is 1. The number of aliphatic imine (C=N–C) groups is 1. The molecule has 1 amide bonds. The number of hydrogen-bond donors (Lipinski definition) is 1. The van der Waals surface area contributed by atoms with E-state index in [1.54, 1.807) is 12.0 Å². The zero-order valence-electron chi connectivity index (χ0n) is 11.2. The van der Waals surface area contributed by atoms with Crippen molar-refractivity contribution in [1.29, 1.82) is 0 Å². The van der Waals surface area contributed by atoms with E-state index in [0.717, 1.165) is 11.3 Å².